The molecule has 0 amide bonds. The molecule has 0 heterocycles. The summed E-state index contributed by atoms with van der Waals surface area (Å²) in [5.41, 5.74) is 1.63. The molecule has 0 unspecified atom stereocenters. The van der Waals surface area contributed by atoms with Crippen molar-refractivity contribution >= 4 is 28.5 Å². The third kappa shape index (κ3) is 4.68. The molecular weight excluding hydrogens is 375 g/mol. The van der Waals surface area contributed by atoms with Gasteiger partial charge in [-0.3, -0.25) is 0 Å². The van der Waals surface area contributed by atoms with Gasteiger partial charge in [-0.1, -0.05) is 35.4 Å². The summed E-state index contributed by atoms with van der Waals surface area (Å²) >= 11 is 0. The Balaban J connectivity index is 2.15. The van der Waals surface area contributed by atoms with E-state index in [1.807, 2.05) is 0 Å². The van der Waals surface area contributed by atoms with Gasteiger partial charge in [0.05, 0.1) is 9.79 Å². The minimum Gasteiger partial charge on any atom is -0.190 e. The predicted molar refractivity (Wildman–Crippen MR) is 86.5 cm³/mol. The molecule has 0 atom stereocenters. The molecule has 0 N–H and O–H groups in total. The summed E-state index contributed by atoms with van der Waals surface area (Å²) < 4.78 is 68.1. The molecule has 0 saturated carbocycles. The molecule has 0 saturated heterocycles. The van der Waals surface area contributed by atoms with Crippen LogP contribution in [0.15, 0.2) is 58.3 Å². The van der Waals surface area contributed by atoms with Crippen molar-refractivity contribution in [2.75, 3.05) is 0 Å². The molecule has 0 aromatic heterocycles. The van der Waals surface area contributed by atoms with Gasteiger partial charge in [-0.05, 0) is 38.1 Å². The molecule has 0 fully saturated rings. The number of rotatable bonds is 6. The van der Waals surface area contributed by atoms with E-state index < -0.39 is 28.5 Å². The summed E-state index contributed by atoms with van der Waals surface area (Å²) in [4.78, 5) is -0.513. The summed E-state index contributed by atoms with van der Waals surface area (Å²) in [5.74, 6) is 0. The van der Waals surface area contributed by atoms with Crippen LogP contribution >= 0.6 is 8.25 Å². The minimum atomic E-state index is -4.41. The lowest BCUT2D eigenvalue weighted by Crippen LogP contribution is -2.06. The van der Waals surface area contributed by atoms with Gasteiger partial charge in [0.2, 0.25) is 0 Å². The van der Waals surface area contributed by atoms with Crippen LogP contribution in [0.25, 0.3) is 0 Å². The fraction of sp³-hybridized carbons (Fsp3) is 0.143. The van der Waals surface area contributed by atoms with Crippen LogP contribution in [-0.2, 0) is 32.7 Å². The quantitative estimate of drug-likeness (QED) is 0.699. The van der Waals surface area contributed by atoms with E-state index in [1.165, 1.54) is 48.5 Å². The van der Waals surface area contributed by atoms with Crippen molar-refractivity contribution in [3.8, 4) is 0 Å². The van der Waals surface area contributed by atoms with E-state index in [9.17, 15) is 21.4 Å². The van der Waals surface area contributed by atoms with E-state index in [-0.39, 0.29) is 9.79 Å². The van der Waals surface area contributed by atoms with Crippen molar-refractivity contribution in [3.05, 3.63) is 59.7 Å². The molecule has 24 heavy (non-hydrogen) atoms. The van der Waals surface area contributed by atoms with Crippen molar-refractivity contribution in [2.45, 2.75) is 23.6 Å². The van der Waals surface area contributed by atoms with Crippen LogP contribution in [0.3, 0.4) is 0 Å². The molecule has 2 rings (SSSR count). The van der Waals surface area contributed by atoms with E-state index in [4.69, 9.17) is 0 Å². The fourth-order valence-corrected chi connectivity index (χ4v) is 4.90. The molecule has 0 bridgehead atoms. The first-order valence-corrected chi connectivity index (χ1v) is 10.5. The van der Waals surface area contributed by atoms with Crippen LogP contribution in [0.4, 0.5) is 0 Å². The van der Waals surface area contributed by atoms with Crippen LogP contribution in [0.5, 0.6) is 0 Å². The second-order valence-electron chi connectivity index (χ2n) is 4.91. The highest BCUT2D eigenvalue weighted by molar-refractivity contribution is 7.92. The first kappa shape index (κ1) is 18.7. The Morgan fingerprint density at radius 3 is 1.25 bits per heavy atom. The van der Waals surface area contributed by atoms with Crippen molar-refractivity contribution in [2.24, 2.45) is 0 Å². The summed E-state index contributed by atoms with van der Waals surface area (Å²) in [6, 6.07) is 11.1. The molecule has 128 valence electrons. The zero-order chi connectivity index (χ0) is 18.0. The van der Waals surface area contributed by atoms with Gasteiger partial charge in [0.1, 0.15) is 0 Å². The summed E-state index contributed by atoms with van der Waals surface area (Å²) in [5, 5.41) is 0. The normalized spacial score (nSPS) is 12.1. The number of benzene rings is 2. The van der Waals surface area contributed by atoms with Gasteiger partial charge in [0, 0.05) is 12.5 Å². The monoisotopic (exact) mass is 389 g/mol. The lowest BCUT2D eigenvalue weighted by molar-refractivity contribution is 0.404. The number of hydrogen-bond donors (Lipinski definition) is 0. The zero-order valence-electron chi connectivity index (χ0n) is 12.7. The largest absolute Gasteiger partial charge is 0.732 e. The Kier molecular flexibility index (Phi) is 5.52. The van der Waals surface area contributed by atoms with Crippen LogP contribution < -0.4 is 0 Å². The molecule has 0 radical (unpaired) electrons. The Morgan fingerprint density at radius 2 is 0.958 bits per heavy atom. The highest BCUT2D eigenvalue weighted by Crippen LogP contribution is 2.34. The van der Waals surface area contributed by atoms with Gasteiger partial charge in [0.25, 0.3) is 0 Å². The van der Waals surface area contributed by atoms with E-state index in [0.717, 1.165) is 11.1 Å². The Labute approximate surface area is 141 Å². The first-order valence-electron chi connectivity index (χ1n) is 6.60. The van der Waals surface area contributed by atoms with Gasteiger partial charge < -0.3 is 0 Å². The third-order valence-corrected chi connectivity index (χ3v) is 7.18. The highest BCUT2D eigenvalue weighted by atomic mass is 32.2. The maximum atomic E-state index is 11.9. The van der Waals surface area contributed by atoms with Gasteiger partial charge in [-0.25, -0.2) is 0 Å². The average Bonchev–Trinajstić information content (AvgIpc) is 2.46. The molecule has 7 nitrogen and oxygen atoms in total. The Morgan fingerprint density at radius 1 is 0.667 bits per heavy atom. The zero-order valence-corrected chi connectivity index (χ0v) is 15.3. The van der Waals surface area contributed by atoms with Crippen molar-refractivity contribution in [1.82, 2.24) is 0 Å². The van der Waals surface area contributed by atoms with Crippen LogP contribution in [0.2, 0.25) is 0 Å². The van der Waals surface area contributed by atoms with Gasteiger partial charge in [-0.15, -0.1) is 0 Å². The summed E-state index contributed by atoms with van der Waals surface area (Å²) in [6.07, 6.45) is 0. The van der Waals surface area contributed by atoms with Crippen LogP contribution in [0.1, 0.15) is 11.1 Å². The summed E-state index contributed by atoms with van der Waals surface area (Å²) in [6.45, 7) is 3.52. The lowest BCUT2D eigenvalue weighted by atomic mass is 10.2. The maximum absolute atomic E-state index is 11.9. The molecule has 0 spiro atoms. The molecule has 0 aliphatic carbocycles. The number of hydrogen-bond acceptors (Lipinski definition) is 7. The molecule has 0 aliphatic heterocycles. The van der Waals surface area contributed by atoms with Gasteiger partial charge in [0.15, 0.2) is 0 Å². The second kappa shape index (κ2) is 7.08. The molecule has 10 heteroatoms. The Hall–Kier alpha value is -1.64. The SMILES string of the molecule is Cc1ccc(S(=O)(=O)O[P+](=O)OS(=O)(=O)c2ccc(C)cc2)cc1. The average molecular weight is 389 g/mol. The maximum Gasteiger partial charge on any atom is 0.732 e. The molecule has 2 aromatic carbocycles. The van der Waals surface area contributed by atoms with Gasteiger partial charge in [-0.2, -0.15) is 16.8 Å². The van der Waals surface area contributed by atoms with Gasteiger partial charge >= 0.3 is 28.5 Å². The number of aryl methyl sites for hydroxylation is 2. The van der Waals surface area contributed by atoms with Crippen LogP contribution in [-0.4, -0.2) is 16.8 Å². The van der Waals surface area contributed by atoms with Crippen LogP contribution in [0, 0.1) is 13.8 Å². The smallest absolute Gasteiger partial charge is 0.190 e. The predicted octanol–water partition coefficient (Wildman–Crippen LogP) is 3.07. The Bertz CT molecular complexity index is 868. The van der Waals surface area contributed by atoms with E-state index >= 15 is 0 Å². The second-order valence-corrected chi connectivity index (χ2v) is 9.31. The minimum absolute atomic E-state index is 0.257. The third-order valence-electron chi connectivity index (χ3n) is 2.94. The topological polar surface area (TPSA) is 104 Å². The van der Waals surface area contributed by atoms with E-state index in [1.54, 1.807) is 13.8 Å². The first-order chi connectivity index (χ1) is 11.1. The summed E-state index contributed by atoms with van der Waals surface area (Å²) in [7, 11) is -12.3. The standard InChI is InChI=1S/C14H14O7PS2/c1-11-3-7-13(8-4-11)23(16,17)20-22(15)21-24(18,19)14-9-5-12(2)6-10-14/h3-10H,1-2H3/q+1. The van der Waals surface area contributed by atoms with Crippen molar-refractivity contribution < 1.29 is 29.3 Å². The lowest BCUT2D eigenvalue weighted by Gasteiger charge is -1.99. The molecule has 0 aliphatic rings. The van der Waals surface area contributed by atoms with Crippen molar-refractivity contribution in [3.63, 3.8) is 0 Å². The van der Waals surface area contributed by atoms with E-state index in [0.29, 0.717) is 0 Å². The highest BCUT2D eigenvalue weighted by Gasteiger charge is 2.39. The fourth-order valence-electron chi connectivity index (χ4n) is 1.67. The van der Waals surface area contributed by atoms with E-state index in [2.05, 4.69) is 7.94 Å². The molecular formula is C14H14O7PS2+. The van der Waals surface area contributed by atoms with Crippen molar-refractivity contribution in [1.29, 1.82) is 0 Å². The molecule has 2 aromatic rings.